The van der Waals surface area contributed by atoms with Crippen LogP contribution in [0.2, 0.25) is 0 Å². The Labute approximate surface area is 623 Å². The molecule has 4 atom stereocenters. The number of aliphatic hydroxyl groups is 2. The van der Waals surface area contributed by atoms with Crippen LogP contribution < -0.4 is 118 Å². The van der Waals surface area contributed by atoms with E-state index in [-0.39, 0.29) is 158 Å². The molecule has 2 N–H and O–H groups in total. The summed E-state index contributed by atoms with van der Waals surface area (Å²) in [5.74, 6) is 0.0224. The number of hydrogen-bond acceptors (Lipinski definition) is 20. The average Bonchev–Trinajstić information content (AvgIpc) is 1.57. The van der Waals surface area contributed by atoms with Gasteiger partial charge >= 0.3 is 103 Å². The molecular formula is C61H78F2K2N6O14S5. The molecule has 4 saturated heterocycles. The van der Waals surface area contributed by atoms with Crippen molar-refractivity contribution in [2.24, 2.45) is 0 Å². The smallest absolute Gasteiger partial charge is 1.00 e. The number of hydrogen-bond donors (Lipinski definition) is 2. The van der Waals surface area contributed by atoms with E-state index in [9.17, 15) is 44.2 Å². The van der Waals surface area contributed by atoms with Gasteiger partial charge in [-0.15, -0.1) is 22.7 Å². The summed E-state index contributed by atoms with van der Waals surface area (Å²) in [4.78, 5) is 17.8. The molecule has 4 fully saturated rings. The molecule has 0 radical (unpaired) electrons. The summed E-state index contributed by atoms with van der Waals surface area (Å²) in [6.07, 6.45) is 3.24. The maximum absolute atomic E-state index is 13.6. The second kappa shape index (κ2) is 37.7. The summed E-state index contributed by atoms with van der Waals surface area (Å²) in [6, 6.07) is 36.2. The Hall–Kier alpha value is -2.54. The third-order valence-electron chi connectivity index (χ3n) is 14.8. The zero-order chi connectivity index (χ0) is 64.3. The van der Waals surface area contributed by atoms with E-state index >= 15 is 0 Å². The molecule has 482 valence electrons. The number of ether oxygens (including phenoxy) is 2. The van der Waals surface area contributed by atoms with Crippen molar-refractivity contribution in [3.8, 4) is 6.07 Å². The molecule has 20 nitrogen and oxygen atoms in total. The molecule has 0 aliphatic carbocycles. The second-order valence-electron chi connectivity index (χ2n) is 22.0. The summed E-state index contributed by atoms with van der Waals surface area (Å²) in [5.41, 5.74) is 3.61. The van der Waals surface area contributed by atoms with E-state index in [1.165, 1.54) is 52.4 Å². The number of piperazine rings is 2. The van der Waals surface area contributed by atoms with Gasteiger partial charge in [0.1, 0.15) is 20.1 Å². The molecule has 2 aromatic heterocycles. The van der Waals surface area contributed by atoms with E-state index in [2.05, 4.69) is 14.7 Å². The quantitative estimate of drug-likeness (QED) is 0.0460. The number of carbonyl (C=O) groups is 1. The number of anilines is 2. The van der Waals surface area contributed by atoms with Crippen molar-refractivity contribution in [3.63, 3.8) is 0 Å². The fraction of sp³-hybridized carbons (Fsp3) is 0.443. The van der Waals surface area contributed by atoms with Crippen LogP contribution in [0.15, 0.2) is 141 Å². The zero-order valence-corrected chi connectivity index (χ0v) is 62.3. The predicted octanol–water partition coefficient (Wildman–Crippen LogP) is 1.70. The first-order valence-corrected chi connectivity index (χ1v) is 34.7. The number of morpholine rings is 1. The number of benzene rings is 4. The molecule has 0 spiro atoms. The van der Waals surface area contributed by atoms with Gasteiger partial charge in [-0.05, 0) is 134 Å². The van der Waals surface area contributed by atoms with Crippen molar-refractivity contribution < 1.29 is 177 Å². The topological polar surface area (TPSA) is 260 Å². The first-order valence-electron chi connectivity index (χ1n) is 28.2. The summed E-state index contributed by atoms with van der Waals surface area (Å²) in [5, 5.41) is 39.8. The molecule has 4 aromatic carbocycles. The Morgan fingerprint density at radius 2 is 1.11 bits per heavy atom. The number of halogens is 2. The summed E-state index contributed by atoms with van der Waals surface area (Å²) >= 11 is 2.39. The van der Waals surface area contributed by atoms with Gasteiger partial charge in [0.2, 0.25) is 0 Å². The maximum atomic E-state index is 13.6. The Balaban J connectivity index is 0.000000361. The number of thiophene rings is 2. The molecule has 2 unspecified atom stereocenters. The van der Waals surface area contributed by atoms with Gasteiger partial charge in [-0.3, -0.25) is 13.9 Å². The van der Waals surface area contributed by atoms with Crippen LogP contribution in [-0.2, 0) is 64.7 Å². The van der Waals surface area contributed by atoms with Crippen LogP contribution in [0, 0.1) is 23.0 Å². The number of nitrogens with zero attached hydrogens (tertiary/aromatic N) is 6. The Bertz CT molecular complexity index is 3480. The van der Waals surface area contributed by atoms with Gasteiger partial charge in [-0.25, -0.2) is 25.6 Å². The van der Waals surface area contributed by atoms with Crippen molar-refractivity contribution >= 4 is 70.7 Å². The molecule has 10 rings (SSSR count). The van der Waals surface area contributed by atoms with Gasteiger partial charge in [-0.1, -0.05) is 60.7 Å². The monoisotopic (exact) mass is 1390 g/mol. The van der Waals surface area contributed by atoms with Crippen LogP contribution in [0.4, 0.5) is 20.2 Å². The average molecular weight is 1400 g/mol. The molecule has 6 heterocycles. The van der Waals surface area contributed by atoms with E-state index in [0.29, 0.717) is 62.6 Å². The summed E-state index contributed by atoms with van der Waals surface area (Å²) in [6.45, 7) is 14.1. The maximum Gasteiger partial charge on any atom is 1.00 e. The number of rotatable bonds is 16. The molecule has 6 aromatic rings. The van der Waals surface area contributed by atoms with Gasteiger partial charge in [-0.2, -0.15) is 22.3 Å². The third kappa shape index (κ3) is 24.0. The summed E-state index contributed by atoms with van der Waals surface area (Å²) in [7, 11) is -10.9. The van der Waals surface area contributed by atoms with Crippen molar-refractivity contribution in [1.82, 2.24) is 13.5 Å². The van der Waals surface area contributed by atoms with Crippen LogP contribution in [0.3, 0.4) is 0 Å². The van der Waals surface area contributed by atoms with Gasteiger partial charge in [0.05, 0.1) is 68.1 Å². The second-order valence-corrected chi connectivity index (χ2v) is 29.9. The summed E-state index contributed by atoms with van der Waals surface area (Å²) < 4.78 is 122. The minimum absolute atomic E-state index is 0. The van der Waals surface area contributed by atoms with Crippen LogP contribution in [0.5, 0.6) is 0 Å². The number of sulfonamides is 2. The Kier molecular flexibility index (Phi) is 33.4. The Morgan fingerprint density at radius 1 is 0.678 bits per heavy atom. The molecule has 4 aliphatic rings. The van der Waals surface area contributed by atoms with Gasteiger partial charge in [0.15, 0.2) is 0 Å². The van der Waals surface area contributed by atoms with E-state index in [1.807, 2.05) is 53.4 Å². The van der Waals surface area contributed by atoms with Crippen LogP contribution in [-0.4, -0.2) is 159 Å². The third-order valence-corrected chi connectivity index (χ3v) is 21.9. The van der Waals surface area contributed by atoms with Crippen molar-refractivity contribution in [2.45, 2.75) is 91.1 Å². The molecule has 0 amide bonds. The number of nitriles is 1. The molecule has 4 aliphatic heterocycles. The fourth-order valence-electron chi connectivity index (χ4n) is 10.3. The minimum atomic E-state index is -3.68. The largest absolute Gasteiger partial charge is 1.00 e. The van der Waals surface area contributed by atoms with Crippen molar-refractivity contribution in [2.75, 3.05) is 101 Å². The first kappa shape index (κ1) is 79.9. The van der Waals surface area contributed by atoms with Crippen molar-refractivity contribution in [1.29, 1.82) is 5.26 Å². The van der Waals surface area contributed by atoms with E-state index in [0.717, 1.165) is 71.7 Å². The predicted molar refractivity (Wildman–Crippen MR) is 333 cm³/mol. The van der Waals surface area contributed by atoms with E-state index in [4.69, 9.17) is 29.0 Å². The molecule has 0 bridgehead atoms. The molecule has 90 heavy (non-hydrogen) atoms. The van der Waals surface area contributed by atoms with Gasteiger partial charge in [0.25, 0.3) is 36.6 Å². The van der Waals surface area contributed by atoms with Gasteiger partial charge in [0, 0.05) is 83.2 Å². The Morgan fingerprint density at radius 3 is 1.51 bits per heavy atom. The minimum Gasteiger partial charge on any atom is -1.00 e. The van der Waals surface area contributed by atoms with Crippen LogP contribution in [0.25, 0.3) is 0 Å². The molecule has 0 saturated carbocycles. The fourth-order valence-corrected chi connectivity index (χ4v) is 16.0. The standard InChI is InChI=1S/C28H34FN3O4S2.C19H26N2O6S3.C11H13FO.C2H3N.CH2O3.2K.H/c1-28(2,33)22-7-11-24(12-8-22)32-14-13-31(38(34,35)27-4-3-17-37-27)19-25(32)18-30-15-16-36-20-26(30)21-5-9-23(29)10-6-21;1-19(2,22)15-6-8-16(9-7-15)21-11-10-20(13-17(21)14-27-29(3,23)24)30(25,26)18-5-4-12-28-18;12-11-5-3-9(4-6-11)10-2-1-7-13-8-10;1-2-3;2-1-4-3;;;/h3-12,17,25-26,33H,13-16,18-20H2,1-2H3;4-9,12,17,22H,10-11,13-14H2,1-3H3;3-6,10H,1-2,7-8H2;1H3;1,3H;;;/q;;;;;2*+1;-1/p-1/t25-,26?;17-;;;;;;/m01....../s1. The van der Waals surface area contributed by atoms with Gasteiger partial charge < -0.3 is 41.1 Å². The zero-order valence-electron chi connectivity index (χ0n) is 53.0. The SMILES string of the molecule is CC#N.CC(C)(O)c1ccc(N2CCN(S(=O)(=O)c3cccs3)C[C@@H]2CN2CCOCC2c2ccc(F)cc2)cc1.CC(C)(O)c1ccc(N2CCN(S(=O)(=O)c3cccs3)C[C@@H]2COS(C)(=O)=O)cc1.Fc1ccc(C2CCCOC2)cc1.O=CO[O-].[H-].[K+].[K+]. The molecular weight excluding hydrogens is 1320 g/mol. The van der Waals surface area contributed by atoms with Crippen LogP contribution >= 0.6 is 22.7 Å². The first-order chi connectivity index (χ1) is 41.7. The normalized spacial score (nSPS) is 19.4. The van der Waals surface area contributed by atoms with Crippen molar-refractivity contribution in [3.05, 3.63) is 166 Å². The van der Waals surface area contributed by atoms with E-state index in [1.54, 1.807) is 97.4 Å². The van der Waals surface area contributed by atoms with Crippen LogP contribution in [0.1, 0.15) is 83.1 Å². The van der Waals surface area contributed by atoms with E-state index < -0.39 is 47.4 Å². The molecule has 29 heteroatoms. The number of carbonyl (C=O) groups excluding carboxylic acids is 1.